The molecule has 1 aliphatic heterocycles. The van der Waals surface area contributed by atoms with Crippen LogP contribution in [0.25, 0.3) is 0 Å². The first-order chi connectivity index (χ1) is 11.2. The lowest BCUT2D eigenvalue weighted by Crippen LogP contribution is -2.47. The molecular formula is C15H26N2O5S2. The Hall–Kier alpha value is -1.09. The second-order valence-corrected chi connectivity index (χ2v) is 9.11. The fourth-order valence-electron chi connectivity index (χ4n) is 2.16. The van der Waals surface area contributed by atoms with Crippen molar-refractivity contribution >= 4 is 39.6 Å². The Balaban J connectivity index is 2.28. The summed E-state index contributed by atoms with van der Waals surface area (Å²) in [6, 6.07) is -0.468. The molecule has 2 amide bonds. The molecule has 2 N–H and O–H groups in total. The van der Waals surface area contributed by atoms with Gasteiger partial charge in [-0.3, -0.25) is 14.5 Å². The van der Waals surface area contributed by atoms with Crippen LogP contribution in [0.1, 0.15) is 40.0 Å². The smallest absolute Gasteiger partial charge is 0.410 e. The van der Waals surface area contributed by atoms with Crippen LogP contribution in [0.4, 0.5) is 4.79 Å². The molecule has 1 aliphatic rings. The first kappa shape index (κ1) is 21.0. The Morgan fingerprint density at radius 2 is 1.92 bits per heavy atom. The zero-order valence-electron chi connectivity index (χ0n) is 14.4. The molecule has 7 nitrogen and oxygen atoms in total. The summed E-state index contributed by atoms with van der Waals surface area (Å²) in [5, 5.41) is 11.4. The highest BCUT2D eigenvalue weighted by Crippen LogP contribution is 2.22. The maximum Gasteiger partial charge on any atom is 0.410 e. The standard InChI is InChI=1S/C15H26N2O5S2/c1-15(2,3)22-14(21)17-8-4-5-11(17)13(20)16-7-10-24-23-9-6-12(18)19/h11H,4-10H2,1-3H3,(H,16,20)(H,18,19)/t11-/m1/s1. The van der Waals surface area contributed by atoms with E-state index in [4.69, 9.17) is 9.84 Å². The average Bonchev–Trinajstić information content (AvgIpc) is 2.93. The van der Waals surface area contributed by atoms with Gasteiger partial charge in [0.05, 0.1) is 6.42 Å². The zero-order valence-corrected chi connectivity index (χ0v) is 16.0. The minimum Gasteiger partial charge on any atom is -0.481 e. The van der Waals surface area contributed by atoms with Gasteiger partial charge in [-0.05, 0) is 33.6 Å². The highest BCUT2D eigenvalue weighted by molar-refractivity contribution is 8.76. The van der Waals surface area contributed by atoms with Crippen molar-refractivity contribution in [1.29, 1.82) is 0 Å². The van der Waals surface area contributed by atoms with Crippen LogP contribution in [-0.4, -0.2) is 64.2 Å². The van der Waals surface area contributed by atoms with E-state index in [1.54, 1.807) is 20.8 Å². The molecule has 0 radical (unpaired) electrons. The lowest BCUT2D eigenvalue weighted by molar-refractivity contribution is -0.136. The van der Waals surface area contributed by atoms with E-state index in [-0.39, 0.29) is 12.3 Å². The molecule has 1 rings (SSSR count). The van der Waals surface area contributed by atoms with Gasteiger partial charge in [0.15, 0.2) is 0 Å². The number of likely N-dealkylation sites (tertiary alicyclic amines) is 1. The highest BCUT2D eigenvalue weighted by Gasteiger charge is 2.36. The number of amides is 2. The molecular weight excluding hydrogens is 352 g/mol. The number of carbonyl (C=O) groups is 3. The molecule has 1 heterocycles. The van der Waals surface area contributed by atoms with Crippen LogP contribution >= 0.6 is 21.6 Å². The maximum absolute atomic E-state index is 12.2. The van der Waals surface area contributed by atoms with Crippen molar-refractivity contribution in [2.75, 3.05) is 24.6 Å². The molecule has 0 aliphatic carbocycles. The number of hydrogen-bond acceptors (Lipinski definition) is 6. The van der Waals surface area contributed by atoms with Gasteiger partial charge in [0.2, 0.25) is 5.91 Å². The molecule has 0 aromatic rings. The first-order valence-corrected chi connectivity index (χ1v) is 10.4. The van der Waals surface area contributed by atoms with Crippen molar-refractivity contribution in [3.8, 4) is 0 Å². The zero-order chi connectivity index (χ0) is 18.2. The summed E-state index contributed by atoms with van der Waals surface area (Å²) < 4.78 is 5.34. The van der Waals surface area contributed by atoms with Crippen LogP contribution in [0.2, 0.25) is 0 Å². The van der Waals surface area contributed by atoms with Gasteiger partial charge in [-0.2, -0.15) is 0 Å². The molecule has 0 bridgehead atoms. The summed E-state index contributed by atoms with van der Waals surface area (Å²) in [6.45, 7) is 6.43. The summed E-state index contributed by atoms with van der Waals surface area (Å²) in [6.07, 6.45) is 1.12. The monoisotopic (exact) mass is 378 g/mol. The van der Waals surface area contributed by atoms with Crippen molar-refractivity contribution in [2.24, 2.45) is 0 Å². The summed E-state index contributed by atoms with van der Waals surface area (Å²) in [5.74, 6) is 0.271. The van der Waals surface area contributed by atoms with Crippen LogP contribution in [0.3, 0.4) is 0 Å². The van der Waals surface area contributed by atoms with Crippen LogP contribution in [0.15, 0.2) is 0 Å². The van der Waals surface area contributed by atoms with E-state index in [9.17, 15) is 14.4 Å². The second kappa shape index (κ2) is 10.0. The topological polar surface area (TPSA) is 95.9 Å². The molecule has 0 aromatic carbocycles. The normalized spacial score (nSPS) is 17.6. The third-order valence-electron chi connectivity index (χ3n) is 3.15. The Kier molecular flexibility index (Phi) is 8.75. The lowest BCUT2D eigenvalue weighted by atomic mass is 10.2. The van der Waals surface area contributed by atoms with Crippen molar-refractivity contribution in [3.63, 3.8) is 0 Å². The Morgan fingerprint density at radius 3 is 2.54 bits per heavy atom. The van der Waals surface area contributed by atoms with Gasteiger partial charge in [-0.1, -0.05) is 21.6 Å². The van der Waals surface area contributed by atoms with E-state index >= 15 is 0 Å². The number of ether oxygens (including phenoxy) is 1. The predicted octanol–water partition coefficient (Wildman–Crippen LogP) is 2.36. The average molecular weight is 379 g/mol. The molecule has 9 heteroatoms. The van der Waals surface area contributed by atoms with E-state index in [1.165, 1.54) is 26.5 Å². The van der Waals surface area contributed by atoms with E-state index in [0.29, 0.717) is 31.0 Å². The number of rotatable bonds is 8. The molecule has 1 atom stereocenters. The number of carbonyl (C=O) groups excluding carboxylic acids is 2. The number of nitrogens with one attached hydrogen (secondary N) is 1. The Bertz CT molecular complexity index is 454. The van der Waals surface area contributed by atoms with Crippen LogP contribution in [0, 0.1) is 0 Å². The third-order valence-corrected chi connectivity index (χ3v) is 5.56. The SMILES string of the molecule is CC(C)(C)OC(=O)N1CCC[C@@H]1C(=O)NCCSSCCC(=O)O. The largest absolute Gasteiger partial charge is 0.481 e. The Morgan fingerprint density at radius 1 is 1.25 bits per heavy atom. The van der Waals surface area contributed by atoms with Gasteiger partial charge in [-0.25, -0.2) is 4.79 Å². The number of carboxylic acid groups (broad SMARTS) is 1. The van der Waals surface area contributed by atoms with Gasteiger partial charge < -0.3 is 15.2 Å². The number of carboxylic acids is 1. The first-order valence-electron chi connectivity index (χ1n) is 7.94. The molecule has 0 spiro atoms. The van der Waals surface area contributed by atoms with Crippen LogP contribution in [-0.2, 0) is 14.3 Å². The van der Waals surface area contributed by atoms with Gasteiger partial charge in [0, 0.05) is 24.6 Å². The van der Waals surface area contributed by atoms with Crippen LogP contribution in [0.5, 0.6) is 0 Å². The van der Waals surface area contributed by atoms with Crippen molar-refractivity contribution in [3.05, 3.63) is 0 Å². The fourth-order valence-corrected chi connectivity index (χ4v) is 4.05. The molecule has 1 fully saturated rings. The predicted molar refractivity (Wildman–Crippen MR) is 96.1 cm³/mol. The van der Waals surface area contributed by atoms with E-state index in [0.717, 1.165) is 6.42 Å². The quantitative estimate of drug-likeness (QED) is 0.494. The summed E-state index contributed by atoms with van der Waals surface area (Å²) in [7, 11) is 3.01. The molecule has 24 heavy (non-hydrogen) atoms. The van der Waals surface area contributed by atoms with Crippen molar-refractivity contribution < 1.29 is 24.2 Å². The fraction of sp³-hybridized carbons (Fsp3) is 0.800. The molecule has 0 saturated carbocycles. The van der Waals surface area contributed by atoms with Crippen molar-refractivity contribution in [2.45, 2.75) is 51.7 Å². The van der Waals surface area contributed by atoms with E-state index < -0.39 is 23.7 Å². The highest BCUT2D eigenvalue weighted by atomic mass is 33.1. The summed E-state index contributed by atoms with van der Waals surface area (Å²) >= 11 is 0. The van der Waals surface area contributed by atoms with Gasteiger partial charge in [0.1, 0.15) is 11.6 Å². The minimum absolute atomic E-state index is 0.136. The Labute approximate surface area is 150 Å². The second-order valence-electron chi connectivity index (χ2n) is 6.41. The van der Waals surface area contributed by atoms with Gasteiger partial charge in [-0.15, -0.1) is 0 Å². The molecule has 1 saturated heterocycles. The van der Waals surface area contributed by atoms with Crippen LogP contribution < -0.4 is 5.32 Å². The third kappa shape index (κ3) is 8.14. The summed E-state index contributed by atoms with van der Waals surface area (Å²) in [4.78, 5) is 36.3. The molecule has 0 aromatic heterocycles. The number of nitrogens with zero attached hydrogens (tertiary/aromatic N) is 1. The minimum atomic E-state index is -0.806. The molecule has 138 valence electrons. The van der Waals surface area contributed by atoms with E-state index in [2.05, 4.69) is 5.32 Å². The maximum atomic E-state index is 12.2. The number of hydrogen-bond donors (Lipinski definition) is 2. The molecule has 0 unspecified atom stereocenters. The summed E-state index contributed by atoms with van der Waals surface area (Å²) in [5.41, 5.74) is -0.579. The van der Waals surface area contributed by atoms with E-state index in [1.807, 2.05) is 0 Å². The number of aliphatic carboxylic acids is 1. The van der Waals surface area contributed by atoms with Crippen molar-refractivity contribution in [1.82, 2.24) is 10.2 Å². The van der Waals surface area contributed by atoms with Gasteiger partial charge >= 0.3 is 12.1 Å². The lowest BCUT2D eigenvalue weighted by Gasteiger charge is -2.28. The van der Waals surface area contributed by atoms with Gasteiger partial charge in [0.25, 0.3) is 0 Å².